The molecule has 1 N–H and O–H groups in total. The third-order valence-electron chi connectivity index (χ3n) is 2.83. The van der Waals surface area contributed by atoms with E-state index in [2.05, 4.69) is 4.98 Å². The number of rotatable bonds is 5. The first-order valence-corrected chi connectivity index (χ1v) is 7.35. The summed E-state index contributed by atoms with van der Waals surface area (Å²) in [5, 5.41) is 9.89. The Morgan fingerprint density at radius 1 is 1.29 bits per heavy atom. The second-order valence-electron chi connectivity index (χ2n) is 4.84. The van der Waals surface area contributed by atoms with Crippen LogP contribution in [0.15, 0.2) is 36.5 Å². The van der Waals surface area contributed by atoms with Gasteiger partial charge >= 0.3 is 5.97 Å². The summed E-state index contributed by atoms with van der Waals surface area (Å²) in [4.78, 5) is 29.5. The summed E-state index contributed by atoms with van der Waals surface area (Å²) in [5.41, 5.74) is 0.560. The smallest absolute Gasteiger partial charge is 0.323 e. The van der Waals surface area contributed by atoms with Crippen molar-refractivity contribution in [2.45, 2.75) is 19.8 Å². The lowest BCUT2D eigenvalue weighted by atomic mass is 10.2. The number of carbonyl (C=O) groups excluding carboxylic acids is 1. The van der Waals surface area contributed by atoms with E-state index >= 15 is 0 Å². The van der Waals surface area contributed by atoms with Crippen LogP contribution in [0.2, 0.25) is 0 Å². The summed E-state index contributed by atoms with van der Waals surface area (Å²) in [6, 6.07) is 8.78. The second kappa shape index (κ2) is 6.49. The highest BCUT2D eigenvalue weighted by Gasteiger charge is 2.22. The van der Waals surface area contributed by atoms with Gasteiger partial charge in [-0.2, -0.15) is 0 Å². The van der Waals surface area contributed by atoms with Gasteiger partial charge < -0.3 is 5.11 Å². The molecule has 1 heterocycles. The van der Waals surface area contributed by atoms with Crippen LogP contribution in [0.1, 0.15) is 34.4 Å². The zero-order chi connectivity index (χ0) is 15.4. The lowest BCUT2D eigenvalue weighted by molar-refractivity contribution is -0.135. The van der Waals surface area contributed by atoms with Crippen molar-refractivity contribution in [3.05, 3.63) is 46.4 Å². The van der Waals surface area contributed by atoms with Gasteiger partial charge in [0, 0.05) is 11.6 Å². The number of aliphatic carboxylic acids is 1. The van der Waals surface area contributed by atoms with E-state index in [4.69, 9.17) is 5.11 Å². The third-order valence-corrected chi connectivity index (χ3v) is 4.12. The van der Waals surface area contributed by atoms with Crippen molar-refractivity contribution in [1.29, 1.82) is 0 Å². The average molecular weight is 304 g/mol. The van der Waals surface area contributed by atoms with E-state index in [1.165, 1.54) is 22.4 Å². The molecule has 0 fully saturated rings. The van der Waals surface area contributed by atoms with Crippen LogP contribution in [0.3, 0.4) is 0 Å². The molecule has 1 aromatic carbocycles. The molecule has 0 unspecified atom stereocenters. The fourth-order valence-electron chi connectivity index (χ4n) is 1.81. The quantitative estimate of drug-likeness (QED) is 0.922. The molecule has 0 aliphatic carbocycles. The Labute approximate surface area is 126 Å². The van der Waals surface area contributed by atoms with Crippen LogP contribution < -0.4 is 4.90 Å². The highest BCUT2D eigenvalue weighted by molar-refractivity contribution is 7.13. The molecule has 0 radical (unpaired) electrons. The maximum Gasteiger partial charge on any atom is 0.323 e. The molecule has 1 amide bonds. The highest BCUT2D eigenvalue weighted by Crippen LogP contribution is 2.24. The van der Waals surface area contributed by atoms with Crippen LogP contribution in [0, 0.1) is 0 Å². The predicted molar refractivity (Wildman–Crippen MR) is 82.0 cm³/mol. The molecule has 0 saturated carbocycles. The van der Waals surface area contributed by atoms with Gasteiger partial charge in [0.2, 0.25) is 0 Å². The molecular formula is C15H16N2O3S. The molecule has 0 bridgehead atoms. The van der Waals surface area contributed by atoms with Crippen molar-refractivity contribution < 1.29 is 14.7 Å². The summed E-state index contributed by atoms with van der Waals surface area (Å²) in [6.07, 6.45) is 1.51. The Balaban J connectivity index is 2.31. The molecule has 0 spiro atoms. The number of carboxylic acids is 1. The van der Waals surface area contributed by atoms with Gasteiger partial charge in [-0.05, 0) is 12.1 Å². The summed E-state index contributed by atoms with van der Waals surface area (Å²) in [5.74, 6) is -1.16. The van der Waals surface area contributed by atoms with E-state index in [0.29, 0.717) is 10.6 Å². The van der Waals surface area contributed by atoms with Crippen molar-refractivity contribution in [2.75, 3.05) is 11.4 Å². The number of hydrogen-bond donors (Lipinski definition) is 1. The molecule has 21 heavy (non-hydrogen) atoms. The third kappa shape index (κ3) is 3.66. The number of carboxylic acid groups (broad SMARTS) is 1. The van der Waals surface area contributed by atoms with Gasteiger partial charge in [-0.15, -0.1) is 11.3 Å². The highest BCUT2D eigenvalue weighted by atomic mass is 32.1. The minimum atomic E-state index is -1.05. The number of carbonyl (C=O) groups is 2. The molecule has 2 aromatic rings. The van der Waals surface area contributed by atoms with Crippen LogP contribution >= 0.6 is 11.3 Å². The van der Waals surface area contributed by atoms with Gasteiger partial charge in [-0.3, -0.25) is 14.5 Å². The van der Waals surface area contributed by atoms with Crippen LogP contribution in [-0.4, -0.2) is 28.5 Å². The van der Waals surface area contributed by atoms with Gasteiger partial charge in [0.1, 0.15) is 11.4 Å². The largest absolute Gasteiger partial charge is 0.480 e. The molecule has 0 aliphatic rings. The SMILES string of the molecule is CC(C)c1ncc(C(=O)N(CC(=O)O)c2ccccc2)s1. The van der Waals surface area contributed by atoms with Gasteiger partial charge in [-0.1, -0.05) is 32.0 Å². The number of hydrogen-bond acceptors (Lipinski definition) is 4. The number of thiazole rings is 1. The van der Waals surface area contributed by atoms with Crippen molar-refractivity contribution in [2.24, 2.45) is 0 Å². The molecule has 0 atom stereocenters. The first kappa shape index (κ1) is 15.2. The van der Waals surface area contributed by atoms with E-state index in [9.17, 15) is 9.59 Å². The fraction of sp³-hybridized carbons (Fsp3) is 0.267. The molecule has 1 aromatic heterocycles. The molecule has 0 aliphatic heterocycles. The predicted octanol–water partition coefficient (Wildman–Crippen LogP) is 3.00. The first-order valence-electron chi connectivity index (χ1n) is 6.53. The number of aromatic nitrogens is 1. The van der Waals surface area contributed by atoms with Crippen molar-refractivity contribution in [1.82, 2.24) is 4.98 Å². The van der Waals surface area contributed by atoms with Crippen molar-refractivity contribution >= 4 is 28.9 Å². The van der Waals surface area contributed by atoms with Crippen LogP contribution in [0.5, 0.6) is 0 Å². The Kier molecular flexibility index (Phi) is 4.70. The van der Waals surface area contributed by atoms with E-state index in [0.717, 1.165) is 5.01 Å². The maximum atomic E-state index is 12.5. The van der Waals surface area contributed by atoms with E-state index in [1.54, 1.807) is 24.3 Å². The number of para-hydroxylation sites is 1. The molecule has 2 rings (SSSR count). The minimum absolute atomic E-state index is 0.237. The summed E-state index contributed by atoms with van der Waals surface area (Å²) >= 11 is 1.30. The topological polar surface area (TPSA) is 70.5 Å². The van der Waals surface area contributed by atoms with E-state index in [1.807, 2.05) is 19.9 Å². The Morgan fingerprint density at radius 3 is 2.48 bits per heavy atom. The lowest BCUT2D eigenvalue weighted by Crippen LogP contribution is -2.35. The van der Waals surface area contributed by atoms with Gasteiger partial charge in [-0.25, -0.2) is 4.98 Å². The number of amides is 1. The Hall–Kier alpha value is -2.21. The van der Waals surface area contributed by atoms with Gasteiger partial charge in [0.15, 0.2) is 0 Å². The summed E-state index contributed by atoms with van der Waals surface area (Å²) < 4.78 is 0. The lowest BCUT2D eigenvalue weighted by Gasteiger charge is -2.19. The van der Waals surface area contributed by atoms with Gasteiger partial charge in [0.05, 0.1) is 11.2 Å². The monoisotopic (exact) mass is 304 g/mol. The van der Waals surface area contributed by atoms with Crippen LogP contribution in [-0.2, 0) is 4.79 Å². The molecule has 110 valence electrons. The summed E-state index contributed by atoms with van der Waals surface area (Å²) in [6.45, 7) is 3.62. The average Bonchev–Trinajstić information content (AvgIpc) is 2.95. The van der Waals surface area contributed by atoms with Gasteiger partial charge in [0.25, 0.3) is 5.91 Å². The fourth-order valence-corrected chi connectivity index (χ4v) is 2.68. The maximum absolute atomic E-state index is 12.5. The number of nitrogens with zero attached hydrogens (tertiary/aromatic N) is 2. The van der Waals surface area contributed by atoms with Crippen molar-refractivity contribution in [3.63, 3.8) is 0 Å². The van der Waals surface area contributed by atoms with Crippen LogP contribution in [0.25, 0.3) is 0 Å². The molecule has 6 heteroatoms. The zero-order valence-electron chi connectivity index (χ0n) is 11.8. The number of benzene rings is 1. The first-order chi connectivity index (χ1) is 9.99. The van der Waals surface area contributed by atoms with E-state index < -0.39 is 5.97 Å². The van der Waals surface area contributed by atoms with Crippen molar-refractivity contribution in [3.8, 4) is 0 Å². The standard InChI is InChI=1S/C15H16N2O3S/c1-10(2)14-16-8-12(21-14)15(20)17(9-13(18)19)11-6-4-3-5-7-11/h3-8,10H,9H2,1-2H3,(H,18,19). The molecular weight excluding hydrogens is 288 g/mol. The normalized spacial score (nSPS) is 10.6. The number of anilines is 1. The molecule has 5 nitrogen and oxygen atoms in total. The summed E-state index contributed by atoms with van der Waals surface area (Å²) in [7, 11) is 0. The van der Waals surface area contributed by atoms with E-state index in [-0.39, 0.29) is 18.4 Å². The zero-order valence-corrected chi connectivity index (χ0v) is 12.6. The van der Waals surface area contributed by atoms with Crippen LogP contribution in [0.4, 0.5) is 5.69 Å². The Morgan fingerprint density at radius 2 is 1.95 bits per heavy atom. The second-order valence-corrected chi connectivity index (χ2v) is 5.90. The molecule has 0 saturated heterocycles. The minimum Gasteiger partial charge on any atom is -0.480 e. The Bertz CT molecular complexity index is 637.